The van der Waals surface area contributed by atoms with Crippen molar-refractivity contribution in [1.29, 1.82) is 0 Å². The predicted octanol–water partition coefficient (Wildman–Crippen LogP) is 4.12. The number of nitrogens with zero attached hydrogens (tertiary/aromatic N) is 1. The topological polar surface area (TPSA) is 69.4 Å². The summed E-state index contributed by atoms with van der Waals surface area (Å²) < 4.78 is 5.57. The average molecular weight is 460 g/mol. The fourth-order valence-corrected chi connectivity index (χ4v) is 2.79. The van der Waals surface area contributed by atoms with E-state index in [9.17, 15) is 14.9 Å². The van der Waals surface area contributed by atoms with Crippen molar-refractivity contribution in [1.82, 2.24) is 0 Å². The molecule has 0 N–H and O–H groups in total. The molecule has 8 heteroatoms. The van der Waals surface area contributed by atoms with Crippen molar-refractivity contribution in [2.24, 2.45) is 0 Å². The van der Waals surface area contributed by atoms with Gasteiger partial charge in [0.2, 0.25) is 0 Å². The molecule has 1 aromatic rings. The summed E-state index contributed by atoms with van der Waals surface area (Å²) in [5.41, 5.74) is 0.341. The van der Waals surface area contributed by atoms with Gasteiger partial charge in [0.05, 0.1) is 16.4 Å². The van der Waals surface area contributed by atoms with E-state index in [1.165, 1.54) is 6.07 Å². The van der Waals surface area contributed by atoms with E-state index in [2.05, 4.69) is 47.8 Å². The van der Waals surface area contributed by atoms with E-state index in [0.29, 0.717) is 10.0 Å². The van der Waals surface area contributed by atoms with Gasteiger partial charge in [0.1, 0.15) is 4.83 Å². The van der Waals surface area contributed by atoms with Crippen LogP contribution in [0.4, 0.5) is 5.69 Å². The van der Waals surface area contributed by atoms with Gasteiger partial charge in [-0.3, -0.25) is 14.9 Å². The molecule has 1 aromatic carbocycles. The normalized spacial score (nSPS) is 13.7. The second-order valence-corrected chi connectivity index (χ2v) is 6.40. The molecule has 0 saturated carbocycles. The Bertz CT molecular complexity index is 495. The molecule has 2 atom stereocenters. The van der Waals surface area contributed by atoms with Crippen LogP contribution in [0.5, 0.6) is 0 Å². The van der Waals surface area contributed by atoms with Gasteiger partial charge in [-0.2, -0.15) is 0 Å². The van der Waals surface area contributed by atoms with E-state index in [4.69, 9.17) is 4.74 Å². The van der Waals surface area contributed by atoms with Crippen molar-refractivity contribution in [2.75, 3.05) is 6.61 Å². The zero-order chi connectivity index (χ0) is 14.6. The number of rotatable bonds is 5. The first-order valence-corrected chi connectivity index (χ1v) is 7.89. The highest BCUT2D eigenvalue weighted by molar-refractivity contribution is 9.12. The second kappa shape index (κ2) is 7.35. The van der Waals surface area contributed by atoms with Crippen molar-refractivity contribution in [3.05, 3.63) is 38.3 Å². The van der Waals surface area contributed by atoms with Crippen LogP contribution in [0, 0.1) is 10.1 Å². The standard InChI is InChI=1S/C11H10Br3NO4/c1-2-19-11(16)10(14)9(13)7-5-6(12)3-4-8(7)15(17)18/h3-5,9-10H,2H2,1H3. The van der Waals surface area contributed by atoms with Gasteiger partial charge in [-0.05, 0) is 19.1 Å². The molecule has 0 aliphatic carbocycles. The van der Waals surface area contributed by atoms with Crippen LogP contribution in [0.1, 0.15) is 17.3 Å². The SMILES string of the molecule is CCOC(=O)C(Br)C(Br)c1cc(Br)ccc1[N+](=O)[O-]. The van der Waals surface area contributed by atoms with Crippen molar-refractivity contribution in [3.8, 4) is 0 Å². The lowest BCUT2D eigenvalue weighted by molar-refractivity contribution is -0.385. The summed E-state index contributed by atoms with van der Waals surface area (Å²) >= 11 is 9.75. The quantitative estimate of drug-likeness (QED) is 0.287. The molecule has 0 fully saturated rings. The zero-order valence-electron chi connectivity index (χ0n) is 9.81. The van der Waals surface area contributed by atoms with E-state index < -0.39 is 20.5 Å². The van der Waals surface area contributed by atoms with Crippen LogP contribution in [0.25, 0.3) is 0 Å². The maximum atomic E-state index is 11.6. The van der Waals surface area contributed by atoms with E-state index in [-0.39, 0.29) is 12.3 Å². The fraction of sp³-hybridized carbons (Fsp3) is 0.364. The van der Waals surface area contributed by atoms with Gasteiger partial charge in [-0.1, -0.05) is 47.8 Å². The Morgan fingerprint density at radius 1 is 1.47 bits per heavy atom. The van der Waals surface area contributed by atoms with Crippen LogP contribution in [0.2, 0.25) is 0 Å². The largest absolute Gasteiger partial charge is 0.465 e. The summed E-state index contributed by atoms with van der Waals surface area (Å²) in [7, 11) is 0. The molecular formula is C11H10Br3NO4. The third-order valence-corrected chi connectivity index (χ3v) is 5.38. The monoisotopic (exact) mass is 457 g/mol. The highest BCUT2D eigenvalue weighted by Crippen LogP contribution is 2.38. The third kappa shape index (κ3) is 4.25. The molecule has 1 rings (SSSR count). The van der Waals surface area contributed by atoms with Crippen LogP contribution in [-0.4, -0.2) is 22.3 Å². The Morgan fingerprint density at radius 2 is 2.11 bits per heavy atom. The second-order valence-electron chi connectivity index (χ2n) is 3.52. The minimum atomic E-state index is -0.708. The lowest BCUT2D eigenvalue weighted by Gasteiger charge is -2.16. The van der Waals surface area contributed by atoms with Gasteiger partial charge >= 0.3 is 5.97 Å². The summed E-state index contributed by atoms with van der Waals surface area (Å²) in [6.07, 6.45) is 0. The molecule has 19 heavy (non-hydrogen) atoms. The number of carbonyl (C=O) groups is 1. The number of halogens is 3. The van der Waals surface area contributed by atoms with Gasteiger partial charge in [0.25, 0.3) is 5.69 Å². The van der Waals surface area contributed by atoms with Crippen LogP contribution < -0.4 is 0 Å². The maximum Gasteiger partial charge on any atom is 0.321 e. The van der Waals surface area contributed by atoms with Gasteiger partial charge in [-0.25, -0.2) is 0 Å². The van der Waals surface area contributed by atoms with Crippen LogP contribution in [-0.2, 0) is 9.53 Å². The van der Waals surface area contributed by atoms with E-state index in [1.807, 2.05) is 0 Å². The number of hydrogen-bond acceptors (Lipinski definition) is 4. The lowest BCUT2D eigenvalue weighted by atomic mass is 10.1. The highest BCUT2D eigenvalue weighted by Gasteiger charge is 2.31. The first-order valence-electron chi connectivity index (χ1n) is 5.27. The van der Waals surface area contributed by atoms with Crippen molar-refractivity contribution < 1.29 is 14.5 Å². The van der Waals surface area contributed by atoms with E-state index in [1.54, 1.807) is 19.1 Å². The molecule has 2 unspecified atom stereocenters. The lowest BCUT2D eigenvalue weighted by Crippen LogP contribution is -2.22. The molecular weight excluding hydrogens is 450 g/mol. The van der Waals surface area contributed by atoms with E-state index in [0.717, 1.165) is 0 Å². The van der Waals surface area contributed by atoms with Gasteiger partial charge in [0.15, 0.2) is 0 Å². The number of benzene rings is 1. The summed E-state index contributed by atoms with van der Waals surface area (Å²) in [5.74, 6) is -0.473. The van der Waals surface area contributed by atoms with Gasteiger partial charge < -0.3 is 4.74 Å². The molecule has 0 aliphatic heterocycles. The Hall–Kier alpha value is -0.470. The molecule has 0 saturated heterocycles. The third-order valence-electron chi connectivity index (χ3n) is 2.25. The Balaban J connectivity index is 3.10. The Morgan fingerprint density at radius 3 is 2.63 bits per heavy atom. The van der Waals surface area contributed by atoms with Crippen LogP contribution in [0.15, 0.2) is 22.7 Å². The number of nitro benzene ring substituents is 1. The van der Waals surface area contributed by atoms with Crippen molar-refractivity contribution >= 4 is 59.4 Å². The molecule has 0 amide bonds. The Kier molecular flexibility index (Phi) is 6.41. The molecule has 104 valence electrons. The first kappa shape index (κ1) is 16.6. The molecule has 0 aliphatic rings. The van der Waals surface area contributed by atoms with Gasteiger partial charge in [-0.15, -0.1) is 0 Å². The number of carbonyl (C=O) groups excluding carboxylic acids is 1. The molecule has 0 radical (unpaired) electrons. The first-order chi connectivity index (χ1) is 8.88. The van der Waals surface area contributed by atoms with Crippen LogP contribution >= 0.6 is 47.8 Å². The number of hydrogen-bond donors (Lipinski definition) is 0. The fourth-order valence-electron chi connectivity index (χ4n) is 1.41. The summed E-state index contributed by atoms with van der Waals surface area (Å²) in [6, 6.07) is 4.57. The molecule has 0 aromatic heterocycles. The van der Waals surface area contributed by atoms with Crippen molar-refractivity contribution in [2.45, 2.75) is 16.6 Å². The van der Waals surface area contributed by atoms with Crippen LogP contribution in [0.3, 0.4) is 0 Å². The van der Waals surface area contributed by atoms with Crippen molar-refractivity contribution in [3.63, 3.8) is 0 Å². The number of nitro groups is 1. The van der Waals surface area contributed by atoms with Gasteiger partial charge in [0, 0.05) is 16.1 Å². The Labute approximate surface area is 135 Å². The number of alkyl halides is 2. The summed E-state index contributed by atoms with van der Waals surface area (Å²) in [6.45, 7) is 1.95. The summed E-state index contributed by atoms with van der Waals surface area (Å²) in [5, 5.41) is 11.0. The maximum absolute atomic E-state index is 11.6. The molecule has 0 spiro atoms. The zero-order valence-corrected chi connectivity index (χ0v) is 14.6. The number of ether oxygens (including phenoxy) is 1. The highest BCUT2D eigenvalue weighted by atomic mass is 79.9. The molecule has 5 nitrogen and oxygen atoms in total. The minimum Gasteiger partial charge on any atom is -0.465 e. The molecule has 0 heterocycles. The average Bonchev–Trinajstić information content (AvgIpc) is 2.36. The minimum absolute atomic E-state index is 0.0566. The predicted molar refractivity (Wildman–Crippen MR) is 81.8 cm³/mol. The smallest absolute Gasteiger partial charge is 0.321 e. The summed E-state index contributed by atoms with van der Waals surface area (Å²) in [4.78, 5) is 20.9. The number of esters is 1. The van der Waals surface area contributed by atoms with E-state index >= 15 is 0 Å². The molecule has 0 bridgehead atoms.